The molecule has 2 rings (SSSR count). The van der Waals surface area contributed by atoms with Gasteiger partial charge in [0.1, 0.15) is 11.8 Å². The van der Waals surface area contributed by atoms with Crippen LogP contribution in [0.3, 0.4) is 0 Å². The first-order valence-corrected chi connectivity index (χ1v) is 6.03. The molecule has 0 saturated carbocycles. The average Bonchev–Trinajstić information content (AvgIpc) is 2.38. The van der Waals surface area contributed by atoms with Crippen molar-refractivity contribution < 1.29 is 0 Å². The summed E-state index contributed by atoms with van der Waals surface area (Å²) in [5.74, 6) is 0.736. The van der Waals surface area contributed by atoms with Crippen LogP contribution in [0.2, 0.25) is 0 Å². The van der Waals surface area contributed by atoms with Gasteiger partial charge >= 0.3 is 0 Å². The third-order valence-electron chi connectivity index (χ3n) is 2.06. The van der Waals surface area contributed by atoms with Crippen molar-refractivity contribution >= 4 is 11.8 Å². The number of pyridine rings is 1. The Kier molecular flexibility index (Phi) is 3.68. The van der Waals surface area contributed by atoms with E-state index in [1.165, 1.54) is 0 Å². The van der Waals surface area contributed by atoms with E-state index in [0.29, 0.717) is 5.69 Å². The molecule has 0 amide bonds. The Morgan fingerprint density at radius 2 is 2.06 bits per heavy atom. The van der Waals surface area contributed by atoms with Gasteiger partial charge in [-0.3, -0.25) is 0 Å². The summed E-state index contributed by atoms with van der Waals surface area (Å²) in [7, 11) is 0. The number of nitrogens with zero attached hydrogens (tertiary/aromatic N) is 4. The van der Waals surface area contributed by atoms with Gasteiger partial charge < -0.3 is 0 Å². The lowest BCUT2D eigenvalue weighted by Crippen LogP contribution is -1.89. The van der Waals surface area contributed by atoms with Gasteiger partial charge in [-0.1, -0.05) is 11.8 Å². The number of aromatic nitrogens is 3. The van der Waals surface area contributed by atoms with Crippen LogP contribution in [0.1, 0.15) is 16.8 Å². The third-order valence-corrected chi connectivity index (χ3v) is 3.01. The number of hydrogen-bond acceptors (Lipinski definition) is 5. The molecule has 4 nitrogen and oxygen atoms in total. The maximum Gasteiger partial charge on any atom is 0.187 e. The summed E-state index contributed by atoms with van der Waals surface area (Å²) in [5.41, 5.74) is 2.53. The van der Waals surface area contributed by atoms with Gasteiger partial charge in [-0.05, 0) is 30.2 Å². The number of thioether (sulfide) groups is 1. The second-order valence-electron chi connectivity index (χ2n) is 3.49. The Hall–Kier alpha value is -1.93. The monoisotopic (exact) mass is 242 g/mol. The summed E-state index contributed by atoms with van der Waals surface area (Å²) >= 11 is 1.54. The van der Waals surface area contributed by atoms with Crippen molar-refractivity contribution in [2.24, 2.45) is 0 Å². The molecule has 2 aromatic heterocycles. The molecule has 0 spiro atoms. The quantitative estimate of drug-likeness (QED) is 0.610. The summed E-state index contributed by atoms with van der Waals surface area (Å²) in [4.78, 5) is 12.3. The predicted molar refractivity (Wildman–Crippen MR) is 65.3 cm³/mol. The average molecular weight is 242 g/mol. The van der Waals surface area contributed by atoms with Crippen LogP contribution in [-0.4, -0.2) is 15.0 Å². The predicted octanol–water partition coefficient (Wildman–Crippen LogP) is 2.34. The number of hydrogen-bond donors (Lipinski definition) is 0. The van der Waals surface area contributed by atoms with Gasteiger partial charge in [-0.25, -0.2) is 15.0 Å². The maximum atomic E-state index is 8.73. The molecule has 0 fully saturated rings. The molecule has 0 saturated heterocycles. The van der Waals surface area contributed by atoms with E-state index in [0.717, 1.165) is 22.0 Å². The first-order valence-electron chi connectivity index (χ1n) is 5.04. The van der Waals surface area contributed by atoms with Gasteiger partial charge in [0.15, 0.2) is 5.16 Å². The van der Waals surface area contributed by atoms with Gasteiger partial charge in [-0.2, -0.15) is 5.26 Å². The third kappa shape index (κ3) is 3.26. The standard InChI is InChI=1S/C12H10N4S/c1-9-6-15-12(16-7-9)17-8-10-2-3-14-11(4-10)5-13/h2-4,6-7H,8H2,1H3. The van der Waals surface area contributed by atoms with Crippen molar-refractivity contribution in [1.82, 2.24) is 15.0 Å². The molecule has 0 aromatic carbocycles. The highest BCUT2D eigenvalue weighted by Gasteiger charge is 2.00. The van der Waals surface area contributed by atoms with Crippen LogP contribution in [0.5, 0.6) is 0 Å². The molecule has 0 unspecified atom stereocenters. The minimum absolute atomic E-state index is 0.438. The highest BCUT2D eigenvalue weighted by atomic mass is 32.2. The number of rotatable bonds is 3. The molecule has 0 atom stereocenters. The van der Waals surface area contributed by atoms with Crippen LogP contribution >= 0.6 is 11.8 Å². The zero-order valence-electron chi connectivity index (χ0n) is 9.29. The summed E-state index contributed by atoms with van der Waals surface area (Å²) in [6.45, 7) is 1.95. The Morgan fingerprint density at radius 1 is 1.29 bits per heavy atom. The SMILES string of the molecule is Cc1cnc(SCc2ccnc(C#N)c2)nc1. The molecule has 0 radical (unpaired) electrons. The zero-order valence-corrected chi connectivity index (χ0v) is 10.1. The molecular formula is C12H10N4S. The van der Waals surface area contributed by atoms with Gasteiger partial charge in [0.2, 0.25) is 0 Å². The molecule has 0 aliphatic carbocycles. The molecule has 17 heavy (non-hydrogen) atoms. The highest BCUT2D eigenvalue weighted by Crippen LogP contribution is 2.18. The van der Waals surface area contributed by atoms with E-state index in [4.69, 9.17) is 5.26 Å². The van der Waals surface area contributed by atoms with Crippen LogP contribution in [0.4, 0.5) is 0 Å². The van der Waals surface area contributed by atoms with Crippen LogP contribution < -0.4 is 0 Å². The molecule has 0 aliphatic rings. The molecule has 0 bridgehead atoms. The zero-order chi connectivity index (χ0) is 12.1. The van der Waals surface area contributed by atoms with Crippen molar-refractivity contribution in [3.63, 3.8) is 0 Å². The van der Waals surface area contributed by atoms with E-state index < -0.39 is 0 Å². The molecular weight excluding hydrogens is 232 g/mol. The van der Waals surface area contributed by atoms with Crippen LogP contribution in [0.15, 0.2) is 35.9 Å². The molecule has 0 N–H and O–H groups in total. The molecule has 5 heteroatoms. The summed E-state index contributed by atoms with van der Waals surface area (Å²) in [6.07, 6.45) is 5.23. The van der Waals surface area contributed by atoms with Crippen molar-refractivity contribution in [1.29, 1.82) is 5.26 Å². The van der Waals surface area contributed by atoms with E-state index in [2.05, 4.69) is 15.0 Å². The largest absolute Gasteiger partial charge is 0.246 e. The second-order valence-corrected chi connectivity index (χ2v) is 4.44. The normalized spacial score (nSPS) is 9.88. The summed E-state index contributed by atoms with van der Waals surface area (Å²) < 4.78 is 0. The lowest BCUT2D eigenvalue weighted by molar-refractivity contribution is 0.949. The fourth-order valence-electron chi connectivity index (χ4n) is 1.23. The number of aryl methyl sites for hydroxylation is 1. The van der Waals surface area contributed by atoms with E-state index in [1.54, 1.807) is 36.4 Å². The Bertz CT molecular complexity index is 545. The second kappa shape index (κ2) is 5.41. The van der Waals surface area contributed by atoms with E-state index in [9.17, 15) is 0 Å². The van der Waals surface area contributed by atoms with Crippen molar-refractivity contribution in [3.05, 3.63) is 47.5 Å². The maximum absolute atomic E-state index is 8.73. The minimum atomic E-state index is 0.438. The topological polar surface area (TPSA) is 62.5 Å². The lowest BCUT2D eigenvalue weighted by Gasteiger charge is -2.00. The summed E-state index contributed by atoms with van der Waals surface area (Å²) in [5, 5.41) is 9.48. The first-order chi connectivity index (χ1) is 8.28. The first kappa shape index (κ1) is 11.6. The van der Waals surface area contributed by atoms with Gasteiger partial charge in [0.25, 0.3) is 0 Å². The molecule has 84 valence electrons. The van der Waals surface area contributed by atoms with Crippen molar-refractivity contribution in [3.8, 4) is 6.07 Å². The van der Waals surface area contributed by atoms with E-state index >= 15 is 0 Å². The highest BCUT2D eigenvalue weighted by molar-refractivity contribution is 7.98. The van der Waals surface area contributed by atoms with Crippen LogP contribution in [-0.2, 0) is 5.75 Å². The van der Waals surface area contributed by atoms with Crippen molar-refractivity contribution in [2.75, 3.05) is 0 Å². The van der Waals surface area contributed by atoms with Gasteiger partial charge in [-0.15, -0.1) is 0 Å². The summed E-state index contributed by atoms with van der Waals surface area (Å²) in [6, 6.07) is 5.69. The fraction of sp³-hybridized carbons (Fsp3) is 0.167. The molecule has 2 aromatic rings. The van der Waals surface area contributed by atoms with Crippen molar-refractivity contribution in [2.45, 2.75) is 17.8 Å². The minimum Gasteiger partial charge on any atom is -0.246 e. The van der Waals surface area contributed by atoms with Crippen LogP contribution in [0, 0.1) is 18.3 Å². The molecule has 0 aliphatic heterocycles. The Morgan fingerprint density at radius 3 is 2.76 bits per heavy atom. The van der Waals surface area contributed by atoms with E-state index in [-0.39, 0.29) is 0 Å². The lowest BCUT2D eigenvalue weighted by atomic mass is 10.2. The Balaban J connectivity index is 2.02. The molecule has 2 heterocycles. The Labute approximate surface area is 104 Å². The smallest absolute Gasteiger partial charge is 0.187 e. The number of nitriles is 1. The van der Waals surface area contributed by atoms with Gasteiger partial charge in [0.05, 0.1) is 0 Å². The van der Waals surface area contributed by atoms with Gasteiger partial charge in [0, 0.05) is 24.3 Å². The van der Waals surface area contributed by atoms with Crippen LogP contribution in [0.25, 0.3) is 0 Å². The fourth-order valence-corrected chi connectivity index (χ4v) is 1.96. The van der Waals surface area contributed by atoms with E-state index in [1.807, 2.05) is 19.1 Å².